The van der Waals surface area contributed by atoms with Gasteiger partial charge in [-0.3, -0.25) is 4.79 Å². The zero-order valence-electron chi connectivity index (χ0n) is 10.6. The maximum absolute atomic E-state index is 11.8. The minimum absolute atomic E-state index is 0.00930. The third-order valence-corrected chi connectivity index (χ3v) is 6.42. The number of halogens is 1. The quantitative estimate of drug-likeness (QED) is 0.661. The standard InChI is InChI=1S/C13H15BrN2OS2/c1-13(18-5-6-19-13)8-12(17)16-15-9-10-3-2-4-11(14)7-10/h2-4,7,9H,5-6,8H2,1H3,(H,16,17)/b15-9+. The van der Waals surface area contributed by atoms with E-state index in [1.807, 2.05) is 47.8 Å². The number of carbonyl (C=O) groups excluding carboxylic acids is 1. The van der Waals surface area contributed by atoms with Gasteiger partial charge in [-0.05, 0) is 24.6 Å². The monoisotopic (exact) mass is 358 g/mol. The molecule has 0 atom stereocenters. The lowest BCUT2D eigenvalue weighted by Gasteiger charge is -2.19. The van der Waals surface area contributed by atoms with Crippen LogP contribution in [0.2, 0.25) is 0 Å². The Morgan fingerprint density at radius 1 is 1.53 bits per heavy atom. The first-order valence-corrected chi connectivity index (χ1v) is 8.69. The van der Waals surface area contributed by atoms with Crippen LogP contribution in [0.5, 0.6) is 0 Å². The van der Waals surface area contributed by atoms with Gasteiger partial charge in [0, 0.05) is 16.0 Å². The molecule has 1 aliphatic rings. The van der Waals surface area contributed by atoms with Gasteiger partial charge in [0.1, 0.15) is 0 Å². The number of carbonyl (C=O) groups is 1. The SMILES string of the molecule is CC1(CC(=O)N/N=C/c2cccc(Br)c2)SCCS1. The Labute approximate surface area is 130 Å². The number of benzene rings is 1. The van der Waals surface area contributed by atoms with Crippen molar-refractivity contribution in [3.05, 3.63) is 34.3 Å². The van der Waals surface area contributed by atoms with Crippen LogP contribution < -0.4 is 5.43 Å². The molecule has 1 amide bonds. The molecule has 0 radical (unpaired) electrons. The molecule has 0 aromatic heterocycles. The van der Waals surface area contributed by atoms with Crippen LogP contribution in [0.15, 0.2) is 33.8 Å². The number of thioether (sulfide) groups is 2. The van der Waals surface area contributed by atoms with E-state index >= 15 is 0 Å². The van der Waals surface area contributed by atoms with Crippen molar-refractivity contribution in [1.29, 1.82) is 0 Å². The molecule has 19 heavy (non-hydrogen) atoms. The lowest BCUT2D eigenvalue weighted by molar-refractivity contribution is -0.121. The fourth-order valence-corrected chi connectivity index (χ4v) is 5.00. The highest BCUT2D eigenvalue weighted by Gasteiger charge is 2.32. The third kappa shape index (κ3) is 4.85. The van der Waals surface area contributed by atoms with Gasteiger partial charge >= 0.3 is 0 Å². The summed E-state index contributed by atoms with van der Waals surface area (Å²) < 4.78 is 1.00. The lowest BCUT2D eigenvalue weighted by atomic mass is 10.2. The van der Waals surface area contributed by atoms with Crippen molar-refractivity contribution < 1.29 is 4.79 Å². The molecule has 1 aromatic carbocycles. The summed E-state index contributed by atoms with van der Waals surface area (Å²) in [5.74, 6) is 2.21. The van der Waals surface area contributed by atoms with Crippen molar-refractivity contribution in [3.8, 4) is 0 Å². The molecule has 0 aliphatic carbocycles. The van der Waals surface area contributed by atoms with E-state index in [0.29, 0.717) is 6.42 Å². The van der Waals surface area contributed by atoms with E-state index in [1.165, 1.54) is 0 Å². The van der Waals surface area contributed by atoms with Gasteiger partial charge in [-0.15, -0.1) is 23.5 Å². The molecular weight excluding hydrogens is 344 g/mol. The maximum Gasteiger partial charge on any atom is 0.242 e. The highest BCUT2D eigenvalue weighted by Crippen LogP contribution is 2.45. The lowest BCUT2D eigenvalue weighted by Crippen LogP contribution is -2.26. The van der Waals surface area contributed by atoms with Crippen LogP contribution in [0, 0.1) is 0 Å². The van der Waals surface area contributed by atoms with Crippen molar-refractivity contribution in [3.63, 3.8) is 0 Å². The molecule has 1 fully saturated rings. The molecule has 1 aromatic rings. The van der Waals surface area contributed by atoms with Gasteiger partial charge in [-0.1, -0.05) is 28.1 Å². The predicted molar refractivity (Wildman–Crippen MR) is 87.8 cm³/mol. The number of hydrogen-bond donors (Lipinski definition) is 1. The average Bonchev–Trinajstić information content (AvgIpc) is 2.75. The van der Waals surface area contributed by atoms with Crippen molar-refractivity contribution in [1.82, 2.24) is 5.43 Å². The molecule has 0 unspecified atom stereocenters. The zero-order chi connectivity index (χ0) is 13.7. The second-order valence-corrected chi connectivity index (χ2v) is 8.73. The molecule has 3 nitrogen and oxygen atoms in total. The van der Waals surface area contributed by atoms with Crippen LogP contribution in [-0.2, 0) is 4.79 Å². The zero-order valence-corrected chi connectivity index (χ0v) is 13.8. The number of nitrogens with zero attached hydrogens (tertiary/aromatic N) is 1. The molecule has 0 bridgehead atoms. The second-order valence-electron chi connectivity index (χ2n) is 4.36. The van der Waals surface area contributed by atoms with E-state index in [9.17, 15) is 4.79 Å². The highest BCUT2D eigenvalue weighted by atomic mass is 79.9. The third-order valence-electron chi connectivity index (χ3n) is 2.63. The van der Waals surface area contributed by atoms with Crippen LogP contribution >= 0.6 is 39.5 Å². The highest BCUT2D eigenvalue weighted by molar-refractivity contribution is 9.10. The van der Waals surface area contributed by atoms with Gasteiger partial charge in [0.2, 0.25) is 5.91 Å². The van der Waals surface area contributed by atoms with Gasteiger partial charge < -0.3 is 0 Å². The molecule has 1 saturated heterocycles. The number of hydrogen-bond acceptors (Lipinski definition) is 4. The normalized spacial score (nSPS) is 17.8. The van der Waals surface area contributed by atoms with Gasteiger partial charge in [-0.25, -0.2) is 5.43 Å². The minimum atomic E-state index is -0.0318. The Bertz CT molecular complexity index is 487. The van der Waals surface area contributed by atoms with Crippen molar-refractivity contribution in [2.24, 2.45) is 5.10 Å². The second kappa shape index (κ2) is 6.81. The van der Waals surface area contributed by atoms with Crippen LogP contribution in [-0.4, -0.2) is 27.7 Å². The van der Waals surface area contributed by atoms with Crippen LogP contribution in [0.4, 0.5) is 0 Å². The Hall–Kier alpha value is -0.460. The number of hydrazone groups is 1. The summed E-state index contributed by atoms with van der Waals surface area (Å²) in [5.41, 5.74) is 3.54. The molecule has 6 heteroatoms. The van der Waals surface area contributed by atoms with Gasteiger partial charge in [0.25, 0.3) is 0 Å². The fourth-order valence-electron chi connectivity index (χ4n) is 1.76. The predicted octanol–water partition coefficient (Wildman–Crippen LogP) is 3.49. The molecule has 102 valence electrons. The summed E-state index contributed by atoms with van der Waals surface area (Å²) in [5, 5.41) is 3.99. The summed E-state index contributed by atoms with van der Waals surface area (Å²) in [6, 6.07) is 7.76. The topological polar surface area (TPSA) is 41.5 Å². The number of rotatable bonds is 4. The first-order valence-electron chi connectivity index (χ1n) is 5.93. The Kier molecular flexibility index (Phi) is 5.36. The van der Waals surface area contributed by atoms with Gasteiger partial charge in [0.15, 0.2) is 0 Å². The molecule has 0 spiro atoms. The van der Waals surface area contributed by atoms with E-state index in [4.69, 9.17) is 0 Å². The summed E-state index contributed by atoms with van der Waals surface area (Å²) in [7, 11) is 0. The molecule has 2 rings (SSSR count). The van der Waals surface area contributed by atoms with E-state index in [2.05, 4.69) is 33.4 Å². The average molecular weight is 359 g/mol. The molecular formula is C13H15BrN2OS2. The van der Waals surface area contributed by atoms with E-state index in [0.717, 1.165) is 21.5 Å². The number of amides is 1. The molecule has 1 aliphatic heterocycles. The van der Waals surface area contributed by atoms with Crippen LogP contribution in [0.3, 0.4) is 0 Å². The Morgan fingerprint density at radius 2 is 2.26 bits per heavy atom. The van der Waals surface area contributed by atoms with Crippen molar-refractivity contribution >= 4 is 51.6 Å². The minimum Gasteiger partial charge on any atom is -0.273 e. The van der Waals surface area contributed by atoms with Gasteiger partial charge in [0.05, 0.1) is 16.7 Å². The summed E-state index contributed by atoms with van der Waals surface area (Å²) in [6.45, 7) is 2.12. The summed E-state index contributed by atoms with van der Waals surface area (Å²) in [6.07, 6.45) is 2.15. The summed E-state index contributed by atoms with van der Waals surface area (Å²) >= 11 is 7.09. The maximum atomic E-state index is 11.8. The van der Waals surface area contributed by atoms with Crippen molar-refractivity contribution in [2.45, 2.75) is 17.4 Å². The smallest absolute Gasteiger partial charge is 0.242 e. The first kappa shape index (κ1) is 14.9. The molecule has 1 N–H and O–H groups in total. The number of nitrogens with one attached hydrogen (secondary N) is 1. The Balaban J connectivity index is 1.83. The Morgan fingerprint density at radius 3 is 2.95 bits per heavy atom. The molecule has 1 heterocycles. The van der Waals surface area contributed by atoms with Gasteiger partial charge in [-0.2, -0.15) is 5.10 Å². The molecule has 0 saturated carbocycles. The van der Waals surface area contributed by atoms with Crippen LogP contribution in [0.25, 0.3) is 0 Å². The van der Waals surface area contributed by atoms with E-state index in [1.54, 1.807) is 6.21 Å². The largest absolute Gasteiger partial charge is 0.273 e. The van der Waals surface area contributed by atoms with Crippen molar-refractivity contribution in [2.75, 3.05) is 11.5 Å². The summed E-state index contributed by atoms with van der Waals surface area (Å²) in [4.78, 5) is 11.8. The fraction of sp³-hybridized carbons (Fsp3) is 0.385. The van der Waals surface area contributed by atoms with E-state index < -0.39 is 0 Å². The first-order chi connectivity index (χ1) is 9.07. The van der Waals surface area contributed by atoms with E-state index in [-0.39, 0.29) is 9.99 Å². The van der Waals surface area contributed by atoms with Crippen LogP contribution in [0.1, 0.15) is 18.9 Å².